The largest absolute Gasteiger partial charge is 0.349 e. The highest BCUT2D eigenvalue weighted by atomic mass is 19.1. The number of amides is 2. The number of carbonyl (C=O) groups excluding carboxylic acids is 2. The van der Waals surface area contributed by atoms with Crippen LogP contribution in [0.1, 0.15) is 76.3 Å². The van der Waals surface area contributed by atoms with Gasteiger partial charge in [-0.1, -0.05) is 31.7 Å². The van der Waals surface area contributed by atoms with Gasteiger partial charge in [0.05, 0.1) is 30.7 Å². The third-order valence-electron chi connectivity index (χ3n) is 7.27. The molecule has 6 nitrogen and oxygen atoms in total. The van der Waals surface area contributed by atoms with Crippen LogP contribution in [0.25, 0.3) is 0 Å². The van der Waals surface area contributed by atoms with E-state index in [1.165, 1.54) is 44.6 Å². The first-order valence-electron chi connectivity index (χ1n) is 12.0. The van der Waals surface area contributed by atoms with Gasteiger partial charge in [0.2, 0.25) is 11.8 Å². The topological polar surface area (TPSA) is 82.3 Å². The lowest BCUT2D eigenvalue weighted by atomic mass is 9.83. The molecule has 3 unspecified atom stereocenters. The Bertz CT molecular complexity index is 828. The third kappa shape index (κ3) is 5.46. The maximum atomic E-state index is 14.0. The highest BCUT2D eigenvalue weighted by molar-refractivity contribution is 5.89. The standard InChI is InChI=1S/C24H34F2N4O2/c1-14(17-9-8-16(25)12-18(17)26)27-22(31)13-21-24(32)30-20-11-10-19(28-23(20)29-21)15-6-4-2-3-5-7-15/h8-9,12,14-15,19-21,23,28-29H,2-7,10-11,13H2,1H3,(H,27,31)(H,30,32)/t14-,19?,20?,21+,23?/m0/s1. The third-order valence-corrected chi connectivity index (χ3v) is 7.27. The summed E-state index contributed by atoms with van der Waals surface area (Å²) >= 11 is 0. The summed E-state index contributed by atoms with van der Waals surface area (Å²) in [6.45, 7) is 1.64. The molecule has 8 heteroatoms. The van der Waals surface area contributed by atoms with Crippen molar-refractivity contribution in [2.24, 2.45) is 5.92 Å². The van der Waals surface area contributed by atoms with E-state index in [1.807, 2.05) is 0 Å². The molecule has 2 amide bonds. The molecule has 1 aromatic carbocycles. The van der Waals surface area contributed by atoms with Crippen LogP contribution in [0, 0.1) is 17.6 Å². The normalized spacial score (nSPS) is 30.0. The Morgan fingerprint density at radius 2 is 1.78 bits per heavy atom. The fraction of sp³-hybridized carbons (Fsp3) is 0.667. The highest BCUT2D eigenvalue weighted by Crippen LogP contribution is 2.30. The molecule has 1 aromatic rings. The van der Waals surface area contributed by atoms with Gasteiger partial charge in [0.25, 0.3) is 0 Å². The number of hydrogen-bond donors (Lipinski definition) is 4. The minimum absolute atomic E-state index is 0.0241. The Morgan fingerprint density at radius 1 is 1.06 bits per heavy atom. The number of rotatable bonds is 5. The first kappa shape index (κ1) is 23.1. The van der Waals surface area contributed by atoms with Gasteiger partial charge in [-0.25, -0.2) is 8.78 Å². The van der Waals surface area contributed by atoms with E-state index in [2.05, 4.69) is 21.3 Å². The minimum Gasteiger partial charge on any atom is -0.349 e. The first-order chi connectivity index (χ1) is 15.4. The van der Waals surface area contributed by atoms with E-state index in [0.29, 0.717) is 12.0 Å². The molecular weight excluding hydrogens is 414 g/mol. The van der Waals surface area contributed by atoms with Crippen molar-refractivity contribution >= 4 is 11.8 Å². The molecule has 3 aliphatic rings. The number of carbonyl (C=O) groups is 2. The molecule has 32 heavy (non-hydrogen) atoms. The second-order valence-electron chi connectivity index (χ2n) is 9.57. The summed E-state index contributed by atoms with van der Waals surface area (Å²) in [5.74, 6) is -1.24. The fourth-order valence-corrected chi connectivity index (χ4v) is 5.50. The van der Waals surface area contributed by atoms with Gasteiger partial charge in [0.15, 0.2) is 0 Å². The molecule has 0 bridgehead atoms. The molecule has 1 saturated carbocycles. The van der Waals surface area contributed by atoms with Crippen molar-refractivity contribution in [3.63, 3.8) is 0 Å². The van der Waals surface area contributed by atoms with Crippen LogP contribution < -0.4 is 21.3 Å². The van der Waals surface area contributed by atoms with Crippen LogP contribution in [0.2, 0.25) is 0 Å². The molecular formula is C24H34F2N4O2. The zero-order chi connectivity index (χ0) is 22.7. The van der Waals surface area contributed by atoms with E-state index in [1.54, 1.807) is 6.92 Å². The molecule has 3 fully saturated rings. The summed E-state index contributed by atoms with van der Waals surface area (Å²) in [6.07, 6.45) is 9.61. The summed E-state index contributed by atoms with van der Waals surface area (Å²) < 4.78 is 27.1. The van der Waals surface area contributed by atoms with Gasteiger partial charge in [0, 0.05) is 17.7 Å². The van der Waals surface area contributed by atoms with Gasteiger partial charge < -0.3 is 10.6 Å². The lowest BCUT2D eigenvalue weighted by molar-refractivity contribution is -0.132. The minimum atomic E-state index is -0.704. The average molecular weight is 449 g/mol. The van der Waals surface area contributed by atoms with Gasteiger partial charge >= 0.3 is 0 Å². The van der Waals surface area contributed by atoms with E-state index < -0.39 is 23.7 Å². The average Bonchev–Trinajstić information content (AvgIpc) is 3.03. The number of halogens is 2. The van der Waals surface area contributed by atoms with Gasteiger partial charge in [-0.3, -0.25) is 20.2 Å². The maximum absolute atomic E-state index is 14.0. The van der Waals surface area contributed by atoms with Gasteiger partial charge in [0.1, 0.15) is 11.6 Å². The van der Waals surface area contributed by atoms with Crippen LogP contribution in [-0.4, -0.2) is 36.1 Å². The molecule has 4 N–H and O–H groups in total. The van der Waals surface area contributed by atoms with Crippen molar-refractivity contribution in [3.8, 4) is 0 Å². The van der Waals surface area contributed by atoms with E-state index in [9.17, 15) is 18.4 Å². The molecule has 0 spiro atoms. The van der Waals surface area contributed by atoms with Crippen LogP contribution in [0.15, 0.2) is 18.2 Å². The van der Waals surface area contributed by atoms with Crippen molar-refractivity contribution in [2.45, 2.75) is 95.0 Å². The number of nitrogens with one attached hydrogen (secondary N) is 4. The van der Waals surface area contributed by atoms with Crippen molar-refractivity contribution in [2.75, 3.05) is 0 Å². The number of piperazine rings is 1. The fourth-order valence-electron chi connectivity index (χ4n) is 5.50. The predicted molar refractivity (Wildman–Crippen MR) is 118 cm³/mol. The lowest BCUT2D eigenvalue weighted by Crippen LogP contribution is -2.72. The van der Waals surface area contributed by atoms with Gasteiger partial charge in [-0.15, -0.1) is 0 Å². The molecule has 2 saturated heterocycles. The van der Waals surface area contributed by atoms with Crippen LogP contribution in [0.4, 0.5) is 8.78 Å². The first-order valence-corrected chi connectivity index (χ1v) is 12.0. The Balaban J connectivity index is 1.32. The zero-order valence-corrected chi connectivity index (χ0v) is 18.6. The molecule has 4 rings (SSSR count). The van der Waals surface area contributed by atoms with Gasteiger partial charge in [-0.2, -0.15) is 0 Å². The quantitative estimate of drug-likeness (QED) is 0.522. The molecule has 176 valence electrons. The van der Waals surface area contributed by atoms with E-state index >= 15 is 0 Å². The van der Waals surface area contributed by atoms with Gasteiger partial charge in [-0.05, 0) is 44.6 Å². The second kappa shape index (κ2) is 10.3. The molecule has 5 atom stereocenters. The molecule has 2 aliphatic heterocycles. The Labute approximate surface area is 188 Å². The lowest BCUT2D eigenvalue weighted by Gasteiger charge is -2.45. The van der Waals surface area contributed by atoms with Crippen molar-refractivity contribution < 1.29 is 18.4 Å². The van der Waals surface area contributed by atoms with E-state index in [-0.39, 0.29) is 36.0 Å². The van der Waals surface area contributed by atoms with Crippen LogP contribution in [-0.2, 0) is 9.59 Å². The van der Waals surface area contributed by atoms with Crippen molar-refractivity contribution in [3.05, 3.63) is 35.4 Å². The van der Waals surface area contributed by atoms with E-state index in [0.717, 1.165) is 25.0 Å². The Morgan fingerprint density at radius 3 is 2.50 bits per heavy atom. The molecule has 1 aliphatic carbocycles. The Kier molecular flexibility index (Phi) is 7.40. The van der Waals surface area contributed by atoms with E-state index in [4.69, 9.17) is 0 Å². The molecule has 2 heterocycles. The van der Waals surface area contributed by atoms with Crippen molar-refractivity contribution in [1.82, 2.24) is 21.3 Å². The summed E-state index contributed by atoms with van der Waals surface area (Å²) in [7, 11) is 0. The van der Waals surface area contributed by atoms with Crippen LogP contribution >= 0.6 is 0 Å². The molecule has 0 radical (unpaired) electrons. The van der Waals surface area contributed by atoms with Crippen molar-refractivity contribution in [1.29, 1.82) is 0 Å². The smallest absolute Gasteiger partial charge is 0.238 e. The number of benzene rings is 1. The number of fused-ring (bicyclic) bond motifs is 1. The maximum Gasteiger partial charge on any atom is 0.238 e. The Hall–Kier alpha value is -2.06. The monoisotopic (exact) mass is 448 g/mol. The second-order valence-corrected chi connectivity index (χ2v) is 9.57. The zero-order valence-electron chi connectivity index (χ0n) is 18.6. The number of piperidine rings is 1. The molecule has 0 aromatic heterocycles. The van der Waals surface area contributed by atoms with Crippen LogP contribution in [0.5, 0.6) is 0 Å². The summed E-state index contributed by atoms with van der Waals surface area (Å²) in [5, 5.41) is 12.8. The summed E-state index contributed by atoms with van der Waals surface area (Å²) in [6, 6.07) is 2.47. The van der Waals surface area contributed by atoms with Crippen LogP contribution in [0.3, 0.4) is 0 Å². The predicted octanol–water partition coefficient (Wildman–Crippen LogP) is 3.04. The summed E-state index contributed by atoms with van der Waals surface area (Å²) in [4.78, 5) is 25.2. The SMILES string of the molecule is C[C@H](NC(=O)C[C@H]1NC2NC(C3CCCCCC3)CCC2NC1=O)c1ccc(F)cc1F. The highest BCUT2D eigenvalue weighted by Gasteiger charge is 2.41. The number of hydrogen-bond acceptors (Lipinski definition) is 4. The summed E-state index contributed by atoms with van der Waals surface area (Å²) in [5.41, 5.74) is 0.209.